The number of amides is 1. The van der Waals surface area contributed by atoms with Crippen molar-refractivity contribution in [2.75, 3.05) is 11.9 Å². The highest BCUT2D eigenvalue weighted by Crippen LogP contribution is 2.22. The summed E-state index contributed by atoms with van der Waals surface area (Å²) >= 11 is 0. The first-order valence-corrected chi connectivity index (χ1v) is 9.20. The van der Waals surface area contributed by atoms with Crippen molar-refractivity contribution < 1.29 is 18.8 Å². The average Bonchev–Trinajstić information content (AvgIpc) is 3.43. The van der Waals surface area contributed by atoms with Crippen molar-refractivity contribution in [3.63, 3.8) is 0 Å². The van der Waals surface area contributed by atoms with Crippen LogP contribution in [0.15, 0.2) is 71.3 Å². The fourth-order valence-corrected chi connectivity index (χ4v) is 2.76. The molecule has 0 bridgehead atoms. The van der Waals surface area contributed by atoms with Crippen LogP contribution in [0.1, 0.15) is 16.1 Å². The molecule has 0 aliphatic rings. The molecular weight excluding hydrogens is 384 g/mol. The normalized spacial score (nSPS) is 10.6. The van der Waals surface area contributed by atoms with E-state index in [9.17, 15) is 9.59 Å². The van der Waals surface area contributed by atoms with Crippen molar-refractivity contribution in [3.05, 3.63) is 78.0 Å². The zero-order valence-electron chi connectivity index (χ0n) is 16.1. The Labute approximate surface area is 171 Å². The molecule has 2 heterocycles. The number of hydrogen-bond acceptors (Lipinski definition) is 6. The molecule has 150 valence electrons. The summed E-state index contributed by atoms with van der Waals surface area (Å²) in [5, 5.41) is 13.2. The highest BCUT2D eigenvalue weighted by molar-refractivity contribution is 5.94. The van der Waals surface area contributed by atoms with E-state index in [1.807, 2.05) is 61.5 Å². The van der Waals surface area contributed by atoms with E-state index < -0.39 is 18.5 Å². The van der Waals surface area contributed by atoms with Crippen LogP contribution in [0.3, 0.4) is 0 Å². The second-order valence-corrected chi connectivity index (χ2v) is 6.60. The van der Waals surface area contributed by atoms with Crippen molar-refractivity contribution in [1.29, 1.82) is 0 Å². The molecule has 0 saturated carbocycles. The van der Waals surface area contributed by atoms with E-state index in [2.05, 4.69) is 20.7 Å². The SMILES string of the molecule is Cc1ccc(-c2cc(NC(=O)COC(=O)c3cc(-c4ccccc4)n[nH]3)on2)cc1. The molecule has 0 saturated heterocycles. The summed E-state index contributed by atoms with van der Waals surface area (Å²) in [5.41, 5.74) is 4.21. The molecule has 0 fully saturated rings. The molecule has 2 aromatic heterocycles. The summed E-state index contributed by atoms with van der Waals surface area (Å²) < 4.78 is 10.2. The number of rotatable bonds is 6. The van der Waals surface area contributed by atoms with Crippen molar-refractivity contribution in [2.45, 2.75) is 6.92 Å². The fourth-order valence-electron chi connectivity index (χ4n) is 2.76. The van der Waals surface area contributed by atoms with Crippen LogP contribution < -0.4 is 5.32 Å². The minimum atomic E-state index is -0.683. The first kappa shape index (κ1) is 19.1. The second kappa shape index (κ2) is 8.44. The number of anilines is 1. The fraction of sp³-hybridized carbons (Fsp3) is 0.0909. The molecule has 4 rings (SSSR count). The van der Waals surface area contributed by atoms with Gasteiger partial charge in [0.05, 0.1) is 5.69 Å². The zero-order valence-corrected chi connectivity index (χ0v) is 16.1. The number of ether oxygens (including phenoxy) is 1. The van der Waals surface area contributed by atoms with Crippen LogP contribution in [0.4, 0.5) is 5.88 Å². The average molecular weight is 402 g/mol. The lowest BCUT2D eigenvalue weighted by molar-refractivity contribution is -0.119. The number of nitrogens with one attached hydrogen (secondary N) is 2. The maximum atomic E-state index is 12.2. The van der Waals surface area contributed by atoms with Gasteiger partial charge in [0.1, 0.15) is 11.4 Å². The third-order valence-corrected chi connectivity index (χ3v) is 4.32. The van der Waals surface area contributed by atoms with E-state index in [4.69, 9.17) is 9.26 Å². The maximum absolute atomic E-state index is 12.2. The van der Waals surface area contributed by atoms with Crippen molar-refractivity contribution >= 4 is 17.8 Å². The van der Waals surface area contributed by atoms with Gasteiger partial charge in [0.2, 0.25) is 5.88 Å². The van der Waals surface area contributed by atoms with Gasteiger partial charge in [-0.25, -0.2) is 4.79 Å². The summed E-state index contributed by atoms with van der Waals surface area (Å²) in [6, 6.07) is 20.3. The van der Waals surface area contributed by atoms with Gasteiger partial charge < -0.3 is 9.26 Å². The molecule has 0 atom stereocenters. The first-order chi connectivity index (χ1) is 14.6. The van der Waals surface area contributed by atoms with Gasteiger partial charge in [0.25, 0.3) is 5.91 Å². The number of aromatic nitrogens is 3. The van der Waals surface area contributed by atoms with Gasteiger partial charge in [-0.2, -0.15) is 5.10 Å². The standard InChI is InChI=1S/C22H18N4O4/c1-14-7-9-16(10-8-14)18-12-21(30-26-18)23-20(27)13-29-22(28)19-11-17(24-25-19)15-5-3-2-4-6-15/h2-12H,13H2,1H3,(H,23,27)(H,24,25). The Morgan fingerprint density at radius 3 is 2.50 bits per heavy atom. The Hall–Kier alpha value is -4.20. The molecule has 0 aliphatic carbocycles. The van der Waals surface area contributed by atoms with Crippen molar-refractivity contribution in [2.24, 2.45) is 0 Å². The highest BCUT2D eigenvalue weighted by atomic mass is 16.5. The molecule has 0 unspecified atom stereocenters. The number of hydrogen-bond donors (Lipinski definition) is 2. The smallest absolute Gasteiger partial charge is 0.356 e. The monoisotopic (exact) mass is 402 g/mol. The molecule has 30 heavy (non-hydrogen) atoms. The minimum absolute atomic E-state index is 0.156. The van der Waals surface area contributed by atoms with Crippen LogP contribution in [0, 0.1) is 6.92 Å². The number of carbonyl (C=O) groups is 2. The molecule has 4 aromatic rings. The molecule has 0 spiro atoms. The summed E-state index contributed by atoms with van der Waals surface area (Å²) in [6.45, 7) is 1.52. The largest absolute Gasteiger partial charge is 0.451 e. The molecule has 8 heteroatoms. The predicted octanol–water partition coefficient (Wildman–Crippen LogP) is 3.84. The van der Waals surface area contributed by atoms with E-state index in [1.165, 1.54) is 0 Å². The van der Waals surface area contributed by atoms with E-state index >= 15 is 0 Å². The Morgan fingerprint density at radius 1 is 1.00 bits per heavy atom. The first-order valence-electron chi connectivity index (χ1n) is 9.20. The molecule has 2 aromatic carbocycles. The van der Waals surface area contributed by atoms with Gasteiger partial charge in [0, 0.05) is 17.2 Å². The summed E-state index contributed by atoms with van der Waals surface area (Å²) in [6.07, 6.45) is 0. The number of benzene rings is 2. The van der Waals surface area contributed by atoms with Crippen LogP contribution in [-0.2, 0) is 9.53 Å². The maximum Gasteiger partial charge on any atom is 0.356 e. The lowest BCUT2D eigenvalue weighted by Crippen LogP contribution is -2.20. The molecule has 2 N–H and O–H groups in total. The summed E-state index contributed by atoms with van der Waals surface area (Å²) in [7, 11) is 0. The van der Waals surface area contributed by atoms with Crippen molar-refractivity contribution in [3.8, 4) is 22.5 Å². The second-order valence-electron chi connectivity index (χ2n) is 6.60. The van der Waals surface area contributed by atoms with E-state index in [1.54, 1.807) is 12.1 Å². The van der Waals surface area contributed by atoms with Crippen LogP contribution in [0.5, 0.6) is 0 Å². The lowest BCUT2D eigenvalue weighted by Gasteiger charge is -2.02. The van der Waals surface area contributed by atoms with E-state index in [0.29, 0.717) is 11.4 Å². The van der Waals surface area contributed by atoms with Crippen LogP contribution >= 0.6 is 0 Å². The number of carbonyl (C=O) groups excluding carboxylic acids is 2. The number of aromatic amines is 1. The van der Waals surface area contributed by atoms with Gasteiger partial charge >= 0.3 is 5.97 Å². The molecule has 8 nitrogen and oxygen atoms in total. The van der Waals surface area contributed by atoms with Crippen LogP contribution in [0.2, 0.25) is 0 Å². The van der Waals surface area contributed by atoms with Crippen LogP contribution in [-0.4, -0.2) is 33.8 Å². The summed E-state index contributed by atoms with van der Waals surface area (Å²) in [4.78, 5) is 24.2. The Balaban J connectivity index is 1.31. The number of esters is 1. The van der Waals surface area contributed by atoms with Gasteiger partial charge in [-0.05, 0) is 13.0 Å². The molecule has 0 aliphatic heterocycles. The Bertz CT molecular complexity index is 1160. The van der Waals surface area contributed by atoms with Crippen LogP contribution in [0.25, 0.3) is 22.5 Å². The summed E-state index contributed by atoms with van der Waals surface area (Å²) in [5.74, 6) is -1.06. The minimum Gasteiger partial charge on any atom is -0.451 e. The Morgan fingerprint density at radius 2 is 1.73 bits per heavy atom. The van der Waals surface area contributed by atoms with Crippen molar-refractivity contribution in [1.82, 2.24) is 15.4 Å². The van der Waals surface area contributed by atoms with Gasteiger partial charge in [-0.15, -0.1) is 0 Å². The lowest BCUT2D eigenvalue weighted by atomic mass is 10.1. The van der Waals surface area contributed by atoms with Gasteiger partial charge in [-0.1, -0.05) is 65.3 Å². The third kappa shape index (κ3) is 4.44. The van der Waals surface area contributed by atoms with E-state index in [-0.39, 0.29) is 11.6 Å². The number of nitrogens with zero attached hydrogens (tertiary/aromatic N) is 2. The topological polar surface area (TPSA) is 110 Å². The Kier molecular flexibility index (Phi) is 5.38. The van der Waals surface area contributed by atoms with Gasteiger partial charge in [-0.3, -0.25) is 15.2 Å². The number of aryl methyl sites for hydroxylation is 1. The zero-order chi connectivity index (χ0) is 20.9. The molecule has 1 amide bonds. The van der Waals surface area contributed by atoms with Gasteiger partial charge in [0.15, 0.2) is 6.61 Å². The highest BCUT2D eigenvalue weighted by Gasteiger charge is 2.15. The number of H-pyrrole nitrogens is 1. The predicted molar refractivity (Wildman–Crippen MR) is 110 cm³/mol. The molecule has 0 radical (unpaired) electrons. The quantitative estimate of drug-likeness (QED) is 0.474. The third-order valence-electron chi connectivity index (χ3n) is 4.32. The van der Waals surface area contributed by atoms with E-state index in [0.717, 1.165) is 16.7 Å². The molecular formula is C22H18N4O4.